The SMILES string of the molecule is FN(c1ccc(C2OC3CNC2C3)cc1)c1ccnc(C(F)(F)F)c1. The third-order valence-corrected chi connectivity index (χ3v) is 4.54. The number of hydrogen-bond acceptors (Lipinski definition) is 4. The quantitative estimate of drug-likeness (QED) is 0.670. The zero-order valence-corrected chi connectivity index (χ0v) is 13.0. The first kappa shape index (κ1) is 16.3. The van der Waals surface area contributed by atoms with Gasteiger partial charge in [-0.2, -0.15) is 18.3 Å². The number of anilines is 2. The van der Waals surface area contributed by atoms with Gasteiger partial charge in [0, 0.05) is 18.8 Å². The van der Waals surface area contributed by atoms with Crippen molar-refractivity contribution >= 4 is 11.4 Å². The monoisotopic (exact) mass is 353 g/mol. The molecule has 3 atom stereocenters. The second kappa shape index (κ2) is 5.96. The van der Waals surface area contributed by atoms with Gasteiger partial charge < -0.3 is 10.1 Å². The highest BCUT2D eigenvalue weighted by atomic mass is 19.4. The number of pyridine rings is 1. The summed E-state index contributed by atoms with van der Waals surface area (Å²) < 4.78 is 58.5. The molecule has 25 heavy (non-hydrogen) atoms. The summed E-state index contributed by atoms with van der Waals surface area (Å²) >= 11 is 0. The molecule has 4 nitrogen and oxygen atoms in total. The zero-order valence-electron chi connectivity index (χ0n) is 13.0. The maximum absolute atomic E-state index is 14.5. The van der Waals surface area contributed by atoms with Crippen molar-refractivity contribution in [1.29, 1.82) is 0 Å². The van der Waals surface area contributed by atoms with Gasteiger partial charge in [-0.1, -0.05) is 16.6 Å². The van der Waals surface area contributed by atoms with Crippen molar-refractivity contribution in [2.75, 3.05) is 11.7 Å². The van der Waals surface area contributed by atoms with E-state index in [1.54, 1.807) is 12.1 Å². The van der Waals surface area contributed by atoms with E-state index in [1.807, 2.05) is 0 Å². The van der Waals surface area contributed by atoms with Crippen LogP contribution in [0.1, 0.15) is 23.8 Å². The molecular formula is C17H15F4N3O. The Labute approximate surface area is 141 Å². The van der Waals surface area contributed by atoms with E-state index in [0.717, 1.165) is 24.7 Å². The van der Waals surface area contributed by atoms with Crippen LogP contribution >= 0.6 is 0 Å². The van der Waals surface area contributed by atoms with Gasteiger partial charge in [0.2, 0.25) is 0 Å². The summed E-state index contributed by atoms with van der Waals surface area (Å²) in [5.41, 5.74) is -0.305. The van der Waals surface area contributed by atoms with E-state index in [0.29, 0.717) is 6.07 Å². The van der Waals surface area contributed by atoms with Crippen molar-refractivity contribution in [3.05, 3.63) is 53.9 Å². The molecule has 2 bridgehead atoms. The fourth-order valence-electron chi connectivity index (χ4n) is 3.32. The van der Waals surface area contributed by atoms with Crippen LogP contribution in [0.15, 0.2) is 42.6 Å². The van der Waals surface area contributed by atoms with E-state index in [-0.39, 0.29) is 34.7 Å². The van der Waals surface area contributed by atoms with Crippen molar-refractivity contribution in [2.45, 2.75) is 30.8 Å². The molecule has 8 heteroatoms. The minimum atomic E-state index is -4.62. The Morgan fingerprint density at radius 1 is 1.12 bits per heavy atom. The number of benzene rings is 1. The normalized spacial score (nSPS) is 25.4. The maximum atomic E-state index is 14.5. The van der Waals surface area contributed by atoms with Crippen LogP contribution in [0.5, 0.6) is 0 Å². The van der Waals surface area contributed by atoms with Crippen LogP contribution in [-0.4, -0.2) is 23.7 Å². The van der Waals surface area contributed by atoms with Gasteiger partial charge in [-0.15, -0.1) is 0 Å². The lowest BCUT2D eigenvalue weighted by Gasteiger charge is -2.24. The Morgan fingerprint density at radius 2 is 1.88 bits per heavy atom. The fourth-order valence-corrected chi connectivity index (χ4v) is 3.32. The van der Waals surface area contributed by atoms with Crippen LogP contribution in [0.2, 0.25) is 0 Å². The molecule has 0 spiro atoms. The van der Waals surface area contributed by atoms with Gasteiger partial charge in [-0.25, -0.2) is 0 Å². The van der Waals surface area contributed by atoms with E-state index in [2.05, 4.69) is 10.3 Å². The third kappa shape index (κ3) is 3.07. The molecule has 132 valence electrons. The Morgan fingerprint density at radius 3 is 2.48 bits per heavy atom. The van der Waals surface area contributed by atoms with Gasteiger partial charge in [0.05, 0.1) is 23.6 Å². The molecular weight excluding hydrogens is 338 g/mol. The number of nitrogens with zero attached hydrogens (tertiary/aromatic N) is 2. The van der Waals surface area contributed by atoms with Gasteiger partial charge in [0.1, 0.15) is 5.69 Å². The standard InChI is InChI=1S/C17H15F4N3O/c18-17(19,20)15-7-12(5-6-22-15)24(21)11-3-1-10(2-4-11)16-14-8-13(25-16)9-23-14/h1-7,13-14,16,23H,8-9H2. The Kier molecular flexibility index (Phi) is 3.88. The summed E-state index contributed by atoms with van der Waals surface area (Å²) in [5, 5.41) is 3.57. The second-order valence-corrected chi connectivity index (χ2v) is 6.20. The van der Waals surface area contributed by atoms with Crippen molar-refractivity contribution in [1.82, 2.24) is 10.3 Å². The molecule has 1 N–H and O–H groups in total. The van der Waals surface area contributed by atoms with Crippen molar-refractivity contribution in [3.8, 4) is 0 Å². The van der Waals surface area contributed by atoms with Crippen LogP contribution in [0.25, 0.3) is 0 Å². The van der Waals surface area contributed by atoms with Crippen LogP contribution in [0, 0.1) is 0 Å². The largest absolute Gasteiger partial charge is 0.433 e. The molecule has 1 aromatic heterocycles. The Hall–Kier alpha value is -2.19. The van der Waals surface area contributed by atoms with Crippen LogP contribution in [0.3, 0.4) is 0 Å². The number of nitrogens with one attached hydrogen (secondary N) is 1. The number of fused-ring (bicyclic) bond motifs is 2. The van der Waals surface area contributed by atoms with Gasteiger partial charge >= 0.3 is 6.18 Å². The maximum Gasteiger partial charge on any atom is 0.433 e. The lowest BCUT2D eigenvalue weighted by molar-refractivity contribution is -0.141. The fraction of sp³-hybridized carbons (Fsp3) is 0.353. The molecule has 2 aliphatic rings. The molecule has 2 fully saturated rings. The predicted molar refractivity (Wildman–Crippen MR) is 82.9 cm³/mol. The van der Waals surface area contributed by atoms with Crippen molar-refractivity contribution in [3.63, 3.8) is 0 Å². The van der Waals surface area contributed by atoms with Gasteiger partial charge in [0.15, 0.2) is 0 Å². The number of ether oxygens (including phenoxy) is 1. The highest BCUT2D eigenvalue weighted by Crippen LogP contribution is 2.38. The first-order valence-electron chi connectivity index (χ1n) is 7.90. The number of aromatic nitrogens is 1. The molecule has 3 unspecified atom stereocenters. The Balaban J connectivity index is 1.54. The summed E-state index contributed by atoms with van der Waals surface area (Å²) in [6, 6.07) is 8.65. The van der Waals surface area contributed by atoms with E-state index in [9.17, 15) is 17.7 Å². The molecule has 0 saturated carbocycles. The molecule has 0 aliphatic carbocycles. The number of morpholine rings is 1. The average Bonchev–Trinajstić information content (AvgIpc) is 3.24. The van der Waals surface area contributed by atoms with Crippen LogP contribution in [-0.2, 0) is 10.9 Å². The van der Waals surface area contributed by atoms with E-state index in [1.165, 1.54) is 18.2 Å². The number of rotatable bonds is 3. The molecule has 1 aromatic carbocycles. The van der Waals surface area contributed by atoms with E-state index < -0.39 is 11.9 Å². The van der Waals surface area contributed by atoms with Crippen molar-refractivity contribution < 1.29 is 22.4 Å². The molecule has 2 saturated heterocycles. The molecule has 3 heterocycles. The van der Waals surface area contributed by atoms with Gasteiger partial charge in [0.25, 0.3) is 0 Å². The minimum absolute atomic E-state index is 0.0707. The number of halogens is 4. The first-order valence-corrected chi connectivity index (χ1v) is 7.90. The molecule has 0 amide bonds. The summed E-state index contributed by atoms with van der Waals surface area (Å²) in [6.07, 6.45) is -2.58. The third-order valence-electron chi connectivity index (χ3n) is 4.54. The lowest BCUT2D eigenvalue weighted by atomic mass is 10.0. The van der Waals surface area contributed by atoms with E-state index >= 15 is 0 Å². The summed E-state index contributed by atoms with van der Waals surface area (Å²) in [7, 11) is 0. The summed E-state index contributed by atoms with van der Waals surface area (Å²) in [5.74, 6) is 0. The first-order chi connectivity index (χ1) is 11.9. The molecule has 4 rings (SSSR count). The van der Waals surface area contributed by atoms with Gasteiger partial charge in [-0.3, -0.25) is 4.98 Å². The summed E-state index contributed by atoms with van der Waals surface area (Å²) in [6.45, 7) is 0.848. The second-order valence-electron chi connectivity index (χ2n) is 6.20. The molecule has 2 aliphatic heterocycles. The van der Waals surface area contributed by atoms with Gasteiger partial charge in [-0.05, 0) is 36.2 Å². The lowest BCUT2D eigenvalue weighted by Crippen LogP contribution is -2.33. The van der Waals surface area contributed by atoms with Crippen LogP contribution in [0.4, 0.5) is 29.0 Å². The topological polar surface area (TPSA) is 37.4 Å². The smallest absolute Gasteiger partial charge is 0.367 e. The zero-order chi connectivity index (χ0) is 17.6. The number of hydrogen-bond donors (Lipinski definition) is 1. The van der Waals surface area contributed by atoms with E-state index in [4.69, 9.17) is 4.74 Å². The highest BCUT2D eigenvalue weighted by molar-refractivity contribution is 5.60. The minimum Gasteiger partial charge on any atom is -0.367 e. The highest BCUT2D eigenvalue weighted by Gasteiger charge is 2.41. The van der Waals surface area contributed by atoms with Crippen LogP contribution < -0.4 is 10.4 Å². The Bertz CT molecular complexity index is 765. The molecule has 0 radical (unpaired) electrons. The number of alkyl halides is 3. The predicted octanol–water partition coefficient (Wildman–Crippen LogP) is 3.92. The average molecular weight is 353 g/mol. The molecule has 2 aromatic rings. The summed E-state index contributed by atoms with van der Waals surface area (Å²) in [4.78, 5) is 3.23. The van der Waals surface area contributed by atoms with Crippen molar-refractivity contribution in [2.24, 2.45) is 0 Å².